The Hall–Kier alpha value is -2.50. The number of carbonyl (C=O) groups is 4. The Morgan fingerprint density at radius 2 is 1.74 bits per heavy atom. The zero-order valence-electron chi connectivity index (χ0n) is 10.0. The molecule has 0 aromatic heterocycles. The first-order valence-electron chi connectivity index (χ1n) is 5.56. The highest BCUT2D eigenvalue weighted by Crippen LogP contribution is 2.12. The standard InChI is InChI=1S/C13H13NO5/c15-7-10(8-16)5-9-1-3-11(4-2-9)14-12(17)6-13(18)19/h1-4,7-8,10H,5-6H2,(H,14,17)(H,18,19). The molecule has 2 N–H and O–H groups in total. The Morgan fingerprint density at radius 3 is 2.21 bits per heavy atom. The summed E-state index contributed by atoms with van der Waals surface area (Å²) in [5, 5.41) is 10.9. The molecule has 6 heteroatoms. The van der Waals surface area contributed by atoms with Crippen molar-refractivity contribution in [2.24, 2.45) is 5.92 Å². The van der Waals surface area contributed by atoms with E-state index in [9.17, 15) is 19.2 Å². The first kappa shape index (κ1) is 14.6. The minimum absolute atomic E-state index is 0.302. The molecule has 0 saturated heterocycles. The summed E-state index contributed by atoms with van der Waals surface area (Å²) >= 11 is 0. The molecule has 0 bridgehead atoms. The Morgan fingerprint density at radius 1 is 1.16 bits per heavy atom. The maximum Gasteiger partial charge on any atom is 0.312 e. The average molecular weight is 263 g/mol. The van der Waals surface area contributed by atoms with Crippen LogP contribution in [0.4, 0.5) is 5.69 Å². The molecule has 0 unspecified atom stereocenters. The quantitative estimate of drug-likeness (QED) is 0.556. The van der Waals surface area contributed by atoms with Gasteiger partial charge in [0.15, 0.2) is 0 Å². The summed E-state index contributed by atoms with van der Waals surface area (Å²) in [7, 11) is 0. The van der Waals surface area contributed by atoms with Crippen LogP contribution in [-0.4, -0.2) is 29.6 Å². The van der Waals surface area contributed by atoms with Gasteiger partial charge in [0.05, 0.1) is 5.92 Å². The van der Waals surface area contributed by atoms with E-state index in [0.29, 0.717) is 24.7 Å². The molecular weight excluding hydrogens is 250 g/mol. The lowest BCUT2D eigenvalue weighted by Crippen LogP contribution is -2.15. The number of carboxylic acids is 1. The van der Waals surface area contributed by atoms with E-state index in [2.05, 4.69) is 5.32 Å². The summed E-state index contributed by atoms with van der Waals surface area (Å²) in [4.78, 5) is 42.5. The van der Waals surface area contributed by atoms with Crippen molar-refractivity contribution in [3.8, 4) is 0 Å². The molecule has 0 aliphatic rings. The lowest BCUT2D eigenvalue weighted by atomic mass is 10.0. The van der Waals surface area contributed by atoms with Crippen LogP contribution in [0.1, 0.15) is 12.0 Å². The third-order valence-electron chi connectivity index (χ3n) is 2.37. The number of anilines is 1. The van der Waals surface area contributed by atoms with Crippen LogP contribution in [0.3, 0.4) is 0 Å². The van der Waals surface area contributed by atoms with E-state index in [1.54, 1.807) is 24.3 Å². The second-order valence-corrected chi connectivity index (χ2v) is 3.96. The highest BCUT2D eigenvalue weighted by atomic mass is 16.4. The van der Waals surface area contributed by atoms with Crippen LogP contribution < -0.4 is 5.32 Å². The van der Waals surface area contributed by atoms with E-state index < -0.39 is 24.2 Å². The van der Waals surface area contributed by atoms with Crippen molar-refractivity contribution in [1.82, 2.24) is 0 Å². The van der Waals surface area contributed by atoms with Crippen LogP contribution in [0, 0.1) is 5.92 Å². The lowest BCUT2D eigenvalue weighted by molar-refractivity contribution is -0.139. The molecule has 0 aliphatic carbocycles. The van der Waals surface area contributed by atoms with Gasteiger partial charge in [0.1, 0.15) is 19.0 Å². The summed E-state index contributed by atoms with van der Waals surface area (Å²) in [6, 6.07) is 6.50. The Labute approximate surface area is 109 Å². The summed E-state index contributed by atoms with van der Waals surface area (Å²) in [6.45, 7) is 0. The van der Waals surface area contributed by atoms with Gasteiger partial charge in [-0.2, -0.15) is 0 Å². The smallest absolute Gasteiger partial charge is 0.312 e. The maximum atomic E-state index is 11.2. The van der Waals surface area contributed by atoms with Crippen LogP contribution in [0.5, 0.6) is 0 Å². The van der Waals surface area contributed by atoms with Crippen molar-refractivity contribution in [1.29, 1.82) is 0 Å². The van der Waals surface area contributed by atoms with Gasteiger partial charge < -0.3 is 20.0 Å². The van der Waals surface area contributed by atoms with Crippen LogP contribution in [0.15, 0.2) is 24.3 Å². The predicted octanol–water partition coefficient (Wildman–Crippen LogP) is 0.656. The van der Waals surface area contributed by atoms with Gasteiger partial charge in [0.25, 0.3) is 0 Å². The second-order valence-electron chi connectivity index (χ2n) is 3.96. The number of benzene rings is 1. The van der Waals surface area contributed by atoms with Crippen molar-refractivity contribution in [2.75, 3.05) is 5.32 Å². The summed E-state index contributed by atoms with van der Waals surface area (Å²) in [5.74, 6) is -2.49. The fraction of sp³-hybridized carbons (Fsp3) is 0.231. The highest BCUT2D eigenvalue weighted by Gasteiger charge is 2.09. The van der Waals surface area contributed by atoms with Gasteiger partial charge >= 0.3 is 5.97 Å². The largest absolute Gasteiger partial charge is 0.481 e. The average Bonchev–Trinajstić information content (AvgIpc) is 2.37. The van der Waals surface area contributed by atoms with Gasteiger partial charge in [-0.1, -0.05) is 12.1 Å². The molecule has 100 valence electrons. The maximum absolute atomic E-state index is 11.2. The van der Waals surface area contributed by atoms with E-state index in [-0.39, 0.29) is 0 Å². The molecule has 1 aromatic carbocycles. The normalized spacial score (nSPS) is 9.95. The molecular formula is C13H13NO5. The molecule has 6 nitrogen and oxygen atoms in total. The molecule has 0 spiro atoms. The Bertz CT molecular complexity index is 472. The van der Waals surface area contributed by atoms with E-state index in [4.69, 9.17) is 5.11 Å². The lowest BCUT2D eigenvalue weighted by Gasteiger charge is -2.06. The molecule has 1 aromatic rings. The Kier molecular flexibility index (Phi) is 5.40. The summed E-state index contributed by atoms with van der Waals surface area (Å²) < 4.78 is 0. The van der Waals surface area contributed by atoms with E-state index in [0.717, 1.165) is 5.56 Å². The van der Waals surface area contributed by atoms with Crippen molar-refractivity contribution in [3.63, 3.8) is 0 Å². The van der Waals surface area contributed by atoms with Gasteiger partial charge in [-0.25, -0.2) is 0 Å². The predicted molar refractivity (Wildman–Crippen MR) is 66.6 cm³/mol. The van der Waals surface area contributed by atoms with Gasteiger partial charge in [-0.3, -0.25) is 9.59 Å². The molecule has 1 rings (SSSR count). The van der Waals surface area contributed by atoms with Crippen LogP contribution in [-0.2, 0) is 25.6 Å². The molecule has 1 amide bonds. The zero-order valence-corrected chi connectivity index (χ0v) is 10.0. The summed E-state index contributed by atoms with van der Waals surface area (Å²) in [6.07, 6.45) is 0.863. The molecule has 19 heavy (non-hydrogen) atoms. The third kappa shape index (κ3) is 5.12. The van der Waals surface area contributed by atoms with E-state index in [1.165, 1.54) is 0 Å². The van der Waals surface area contributed by atoms with Crippen molar-refractivity contribution in [2.45, 2.75) is 12.8 Å². The number of hydrogen-bond acceptors (Lipinski definition) is 4. The van der Waals surface area contributed by atoms with Crippen molar-refractivity contribution in [3.05, 3.63) is 29.8 Å². The molecule has 0 saturated carbocycles. The topological polar surface area (TPSA) is 101 Å². The van der Waals surface area contributed by atoms with Gasteiger partial charge in [0.2, 0.25) is 5.91 Å². The van der Waals surface area contributed by atoms with Crippen molar-refractivity contribution < 1.29 is 24.3 Å². The Balaban J connectivity index is 2.61. The first-order valence-corrected chi connectivity index (χ1v) is 5.56. The molecule has 0 aliphatic heterocycles. The summed E-state index contributed by atoms with van der Waals surface area (Å²) in [5.41, 5.74) is 1.24. The number of carboxylic acid groups (broad SMARTS) is 1. The van der Waals surface area contributed by atoms with Crippen molar-refractivity contribution >= 4 is 30.1 Å². The fourth-order valence-electron chi connectivity index (χ4n) is 1.47. The minimum Gasteiger partial charge on any atom is -0.481 e. The van der Waals surface area contributed by atoms with E-state index >= 15 is 0 Å². The van der Waals surface area contributed by atoms with E-state index in [1.807, 2.05) is 0 Å². The second kappa shape index (κ2) is 7.05. The molecule has 0 radical (unpaired) electrons. The molecule has 0 heterocycles. The van der Waals surface area contributed by atoms with Gasteiger partial charge in [0, 0.05) is 5.69 Å². The molecule has 0 fully saturated rings. The molecule has 0 atom stereocenters. The first-order chi connectivity index (χ1) is 9.05. The SMILES string of the molecule is O=CC(C=O)Cc1ccc(NC(=O)CC(=O)O)cc1. The number of rotatable bonds is 7. The van der Waals surface area contributed by atoms with Crippen LogP contribution in [0.25, 0.3) is 0 Å². The monoisotopic (exact) mass is 263 g/mol. The number of nitrogens with one attached hydrogen (secondary N) is 1. The van der Waals surface area contributed by atoms with Crippen LogP contribution in [0.2, 0.25) is 0 Å². The fourth-order valence-corrected chi connectivity index (χ4v) is 1.47. The highest BCUT2D eigenvalue weighted by molar-refractivity contribution is 6.01. The zero-order chi connectivity index (χ0) is 14.3. The number of amides is 1. The third-order valence-corrected chi connectivity index (χ3v) is 2.37. The van der Waals surface area contributed by atoms with Gasteiger partial charge in [-0.15, -0.1) is 0 Å². The number of aldehydes is 2. The minimum atomic E-state index is -1.20. The number of carbonyl (C=O) groups excluding carboxylic acids is 3. The van der Waals surface area contributed by atoms with Crippen LogP contribution >= 0.6 is 0 Å². The number of hydrogen-bond donors (Lipinski definition) is 2. The van der Waals surface area contributed by atoms with Gasteiger partial charge in [-0.05, 0) is 24.1 Å². The number of aliphatic carboxylic acids is 1.